The molecule has 2 aromatic rings. The van der Waals surface area contributed by atoms with E-state index in [1.165, 1.54) is 11.1 Å². The molecular weight excluding hydrogens is 242 g/mol. The van der Waals surface area contributed by atoms with Crippen molar-refractivity contribution < 1.29 is 0 Å². The lowest BCUT2D eigenvalue weighted by Crippen LogP contribution is -2.29. The molecule has 18 heavy (non-hydrogen) atoms. The molecule has 1 unspecified atom stereocenters. The summed E-state index contributed by atoms with van der Waals surface area (Å²) in [5.74, 6) is 5.68. The third-order valence-corrected chi connectivity index (χ3v) is 3.87. The van der Waals surface area contributed by atoms with Crippen LogP contribution in [-0.2, 0) is 12.8 Å². The Bertz CT molecular complexity index is 468. The highest BCUT2D eigenvalue weighted by atomic mass is 32.1. The van der Waals surface area contributed by atoms with E-state index in [0.29, 0.717) is 0 Å². The minimum Gasteiger partial charge on any atom is -0.271 e. The Labute approximate surface area is 112 Å². The molecular formula is C14H19N3S. The summed E-state index contributed by atoms with van der Waals surface area (Å²) in [6.07, 6.45) is 4.82. The first kappa shape index (κ1) is 13.2. The Morgan fingerprint density at radius 2 is 2.33 bits per heavy atom. The lowest BCUT2D eigenvalue weighted by molar-refractivity contribution is 0.501. The van der Waals surface area contributed by atoms with Crippen molar-refractivity contribution in [3.05, 3.63) is 52.0 Å². The van der Waals surface area contributed by atoms with Crippen LogP contribution in [0.4, 0.5) is 0 Å². The summed E-state index contributed by atoms with van der Waals surface area (Å²) in [6, 6.07) is 6.39. The number of hydrogen-bond donors (Lipinski definition) is 2. The van der Waals surface area contributed by atoms with Crippen molar-refractivity contribution >= 4 is 11.3 Å². The number of nitrogens with one attached hydrogen (secondary N) is 1. The largest absolute Gasteiger partial charge is 0.271 e. The molecule has 3 N–H and O–H groups in total. The zero-order valence-electron chi connectivity index (χ0n) is 10.6. The van der Waals surface area contributed by atoms with Gasteiger partial charge in [0, 0.05) is 6.20 Å². The highest BCUT2D eigenvalue weighted by molar-refractivity contribution is 7.07. The molecule has 0 amide bonds. The van der Waals surface area contributed by atoms with E-state index in [2.05, 4.69) is 40.2 Å². The van der Waals surface area contributed by atoms with Gasteiger partial charge in [-0.3, -0.25) is 16.3 Å². The van der Waals surface area contributed by atoms with Crippen molar-refractivity contribution in [1.82, 2.24) is 10.4 Å². The van der Waals surface area contributed by atoms with E-state index in [-0.39, 0.29) is 6.04 Å². The molecule has 4 heteroatoms. The summed E-state index contributed by atoms with van der Waals surface area (Å²) in [6.45, 7) is 2.15. The van der Waals surface area contributed by atoms with Gasteiger partial charge in [0.05, 0.1) is 11.7 Å². The monoisotopic (exact) mass is 261 g/mol. The summed E-state index contributed by atoms with van der Waals surface area (Å²) >= 11 is 1.74. The number of pyridine rings is 1. The van der Waals surface area contributed by atoms with Crippen molar-refractivity contribution in [1.29, 1.82) is 0 Å². The van der Waals surface area contributed by atoms with Crippen LogP contribution in [0.25, 0.3) is 0 Å². The second kappa shape index (κ2) is 6.64. The smallest absolute Gasteiger partial charge is 0.0638 e. The Hall–Kier alpha value is -1.23. The number of hydrogen-bond acceptors (Lipinski definition) is 4. The Morgan fingerprint density at radius 1 is 1.44 bits per heavy atom. The van der Waals surface area contributed by atoms with E-state index in [9.17, 15) is 0 Å². The first-order chi connectivity index (χ1) is 8.85. The van der Waals surface area contributed by atoms with Crippen LogP contribution >= 0.6 is 11.3 Å². The molecule has 0 radical (unpaired) electrons. The third kappa shape index (κ3) is 3.16. The summed E-state index contributed by atoms with van der Waals surface area (Å²) in [5.41, 5.74) is 6.62. The van der Waals surface area contributed by atoms with Gasteiger partial charge in [-0.2, -0.15) is 11.3 Å². The van der Waals surface area contributed by atoms with Crippen LogP contribution in [0, 0.1) is 0 Å². The molecule has 2 heterocycles. The first-order valence-electron chi connectivity index (χ1n) is 6.26. The van der Waals surface area contributed by atoms with Crippen molar-refractivity contribution in [2.24, 2.45) is 5.84 Å². The van der Waals surface area contributed by atoms with E-state index in [1.54, 1.807) is 11.3 Å². The van der Waals surface area contributed by atoms with E-state index >= 15 is 0 Å². The molecule has 96 valence electrons. The fraction of sp³-hybridized carbons (Fsp3) is 0.357. The second-order valence-corrected chi connectivity index (χ2v) is 5.07. The molecule has 0 saturated heterocycles. The first-order valence-corrected chi connectivity index (χ1v) is 7.20. The average Bonchev–Trinajstić information content (AvgIpc) is 2.93. The molecule has 0 aromatic carbocycles. The normalized spacial score (nSPS) is 12.6. The van der Waals surface area contributed by atoms with Gasteiger partial charge in [0.25, 0.3) is 0 Å². The topological polar surface area (TPSA) is 50.9 Å². The minimum absolute atomic E-state index is 0.126. The van der Waals surface area contributed by atoms with Gasteiger partial charge in [-0.25, -0.2) is 0 Å². The van der Waals surface area contributed by atoms with Gasteiger partial charge in [0.15, 0.2) is 0 Å². The number of nitrogens with two attached hydrogens (primary N) is 1. The lowest BCUT2D eigenvalue weighted by Gasteiger charge is -2.17. The molecule has 1 atom stereocenters. The summed E-state index contributed by atoms with van der Waals surface area (Å²) in [4.78, 5) is 4.48. The van der Waals surface area contributed by atoms with Crippen molar-refractivity contribution in [3.8, 4) is 0 Å². The van der Waals surface area contributed by atoms with Crippen LogP contribution < -0.4 is 11.3 Å². The summed E-state index contributed by atoms with van der Waals surface area (Å²) < 4.78 is 0. The second-order valence-electron chi connectivity index (χ2n) is 4.29. The maximum atomic E-state index is 5.68. The van der Waals surface area contributed by atoms with Gasteiger partial charge in [-0.05, 0) is 53.3 Å². The Balaban J connectivity index is 2.08. The van der Waals surface area contributed by atoms with Gasteiger partial charge in [0.1, 0.15) is 0 Å². The minimum atomic E-state index is 0.126. The molecule has 2 rings (SSSR count). The molecule has 0 saturated carbocycles. The third-order valence-electron chi connectivity index (χ3n) is 3.14. The number of hydrazine groups is 1. The number of aryl methyl sites for hydroxylation is 2. The van der Waals surface area contributed by atoms with Crippen molar-refractivity contribution in [3.63, 3.8) is 0 Å². The predicted molar refractivity (Wildman–Crippen MR) is 76.3 cm³/mol. The molecule has 2 aromatic heterocycles. The SMILES string of the molecule is CCc1cccnc1C(CCc1ccsc1)NN. The van der Waals surface area contributed by atoms with Crippen molar-refractivity contribution in [2.45, 2.75) is 32.2 Å². The number of aromatic nitrogens is 1. The molecule has 0 aliphatic rings. The van der Waals surface area contributed by atoms with E-state index in [0.717, 1.165) is 25.0 Å². The van der Waals surface area contributed by atoms with Gasteiger partial charge in [-0.15, -0.1) is 0 Å². The fourth-order valence-corrected chi connectivity index (χ4v) is 2.81. The van der Waals surface area contributed by atoms with Crippen LogP contribution in [0.1, 0.15) is 36.2 Å². The number of thiophene rings is 1. The van der Waals surface area contributed by atoms with E-state index in [1.807, 2.05) is 12.3 Å². The zero-order chi connectivity index (χ0) is 12.8. The van der Waals surface area contributed by atoms with Gasteiger partial charge >= 0.3 is 0 Å². The quantitative estimate of drug-likeness (QED) is 0.621. The molecule has 0 aliphatic carbocycles. The van der Waals surface area contributed by atoms with E-state index < -0.39 is 0 Å². The molecule has 0 aliphatic heterocycles. The summed E-state index contributed by atoms with van der Waals surface area (Å²) in [7, 11) is 0. The highest BCUT2D eigenvalue weighted by Crippen LogP contribution is 2.21. The van der Waals surface area contributed by atoms with Gasteiger partial charge < -0.3 is 0 Å². The Morgan fingerprint density at radius 3 is 3.00 bits per heavy atom. The van der Waals surface area contributed by atoms with E-state index in [4.69, 9.17) is 5.84 Å². The number of nitrogens with zero attached hydrogens (tertiary/aromatic N) is 1. The molecule has 0 bridgehead atoms. The standard InChI is InChI=1S/C14H19N3S/c1-2-12-4-3-8-16-14(12)13(17-15)6-5-11-7-9-18-10-11/h3-4,7-10,13,17H,2,5-6,15H2,1H3. The van der Waals surface area contributed by atoms with Crippen LogP contribution in [-0.4, -0.2) is 4.98 Å². The highest BCUT2D eigenvalue weighted by Gasteiger charge is 2.14. The van der Waals surface area contributed by atoms with Crippen LogP contribution in [0.3, 0.4) is 0 Å². The summed E-state index contributed by atoms with van der Waals surface area (Å²) in [5, 5.41) is 4.30. The fourth-order valence-electron chi connectivity index (χ4n) is 2.11. The molecule has 3 nitrogen and oxygen atoms in total. The van der Waals surface area contributed by atoms with Crippen LogP contribution in [0.5, 0.6) is 0 Å². The average molecular weight is 261 g/mol. The number of rotatable bonds is 6. The maximum Gasteiger partial charge on any atom is 0.0638 e. The zero-order valence-corrected chi connectivity index (χ0v) is 11.4. The van der Waals surface area contributed by atoms with Crippen LogP contribution in [0.15, 0.2) is 35.2 Å². The lowest BCUT2D eigenvalue weighted by atomic mass is 10.00. The predicted octanol–water partition coefficient (Wildman–Crippen LogP) is 2.84. The van der Waals surface area contributed by atoms with Gasteiger partial charge in [-0.1, -0.05) is 13.0 Å². The molecule has 0 spiro atoms. The van der Waals surface area contributed by atoms with Crippen molar-refractivity contribution in [2.75, 3.05) is 0 Å². The van der Waals surface area contributed by atoms with Gasteiger partial charge in [0.2, 0.25) is 0 Å². The van der Waals surface area contributed by atoms with Crippen LogP contribution in [0.2, 0.25) is 0 Å². The Kier molecular flexibility index (Phi) is 4.87. The maximum absolute atomic E-state index is 5.68. The molecule has 0 fully saturated rings.